The zero-order chi connectivity index (χ0) is 22.2. The van der Waals surface area contributed by atoms with Crippen molar-refractivity contribution in [1.82, 2.24) is 20.0 Å². The first-order valence-corrected chi connectivity index (χ1v) is 11.2. The average Bonchev–Trinajstić information content (AvgIpc) is 3.38. The number of hydrogen-bond donors (Lipinski definition) is 1. The third-order valence-electron chi connectivity index (χ3n) is 6.19. The van der Waals surface area contributed by atoms with Gasteiger partial charge in [0.05, 0.1) is 23.3 Å². The van der Waals surface area contributed by atoms with E-state index in [1.165, 1.54) is 5.39 Å². The van der Waals surface area contributed by atoms with Crippen molar-refractivity contribution < 1.29 is 4.39 Å². The molecule has 4 nitrogen and oxygen atoms in total. The van der Waals surface area contributed by atoms with Gasteiger partial charge in [0.1, 0.15) is 5.82 Å². The monoisotopic (exact) mass is 426 g/mol. The number of nitrogens with zero attached hydrogens (tertiary/aromatic N) is 3. The van der Waals surface area contributed by atoms with Gasteiger partial charge < -0.3 is 0 Å². The number of rotatable bonds is 6. The molecule has 5 aromatic rings. The Labute approximate surface area is 187 Å². The molecule has 5 heteroatoms. The Morgan fingerprint density at radius 3 is 2.50 bits per heavy atom. The predicted octanol–water partition coefficient (Wildman–Crippen LogP) is 6.57. The summed E-state index contributed by atoms with van der Waals surface area (Å²) in [5.74, 6) is 0.290. The zero-order valence-electron chi connectivity index (χ0n) is 18.6. The number of benzene rings is 3. The number of hydrogen-bond acceptors (Lipinski definition) is 2. The van der Waals surface area contributed by atoms with Crippen LogP contribution in [0.5, 0.6) is 0 Å². The quantitative estimate of drug-likeness (QED) is 0.334. The van der Waals surface area contributed by atoms with E-state index in [1.807, 2.05) is 41.1 Å². The molecular weight excluding hydrogens is 399 g/mol. The minimum atomic E-state index is -0.169. The van der Waals surface area contributed by atoms with Crippen LogP contribution in [0.3, 0.4) is 0 Å². The standard InChI is InChI=1S/C27H27FN4/c1-17(2)26-22-9-5-7-11-25(22)32(31-26)16-19-12-13-23(28)20(15-19)14-18(3)27-21-8-4-6-10-24(21)29-30-27/h4-13,15,17-18H,14,16H2,1-3H3,(H,29,30). The number of aromatic nitrogens is 4. The second kappa shape index (κ2) is 8.23. The summed E-state index contributed by atoms with van der Waals surface area (Å²) in [7, 11) is 0. The molecule has 0 fully saturated rings. The molecule has 5 rings (SSSR count). The molecule has 2 heterocycles. The Morgan fingerprint density at radius 1 is 0.938 bits per heavy atom. The molecule has 0 aliphatic rings. The fraction of sp³-hybridized carbons (Fsp3) is 0.259. The molecule has 0 aliphatic heterocycles. The van der Waals surface area contributed by atoms with Gasteiger partial charge in [-0.05, 0) is 41.7 Å². The fourth-order valence-corrected chi connectivity index (χ4v) is 4.54. The van der Waals surface area contributed by atoms with Crippen molar-refractivity contribution in [2.45, 2.75) is 45.6 Å². The van der Waals surface area contributed by atoms with E-state index in [9.17, 15) is 4.39 Å². The van der Waals surface area contributed by atoms with E-state index >= 15 is 0 Å². The fourth-order valence-electron chi connectivity index (χ4n) is 4.54. The van der Waals surface area contributed by atoms with Crippen LogP contribution in [0, 0.1) is 5.82 Å². The number of fused-ring (bicyclic) bond motifs is 2. The lowest BCUT2D eigenvalue weighted by Gasteiger charge is -2.13. The third kappa shape index (κ3) is 3.68. The van der Waals surface area contributed by atoms with Gasteiger partial charge in [0.2, 0.25) is 0 Å². The molecule has 0 aliphatic carbocycles. The van der Waals surface area contributed by atoms with Crippen molar-refractivity contribution in [1.29, 1.82) is 0 Å². The molecule has 0 spiro atoms. The largest absolute Gasteiger partial charge is 0.281 e. The third-order valence-corrected chi connectivity index (χ3v) is 6.19. The lowest BCUT2D eigenvalue weighted by molar-refractivity contribution is 0.592. The Kier molecular flexibility index (Phi) is 5.25. The van der Waals surface area contributed by atoms with Crippen LogP contribution < -0.4 is 0 Å². The first-order chi connectivity index (χ1) is 15.5. The molecule has 2 aromatic heterocycles. The van der Waals surface area contributed by atoms with Crippen LogP contribution in [0.2, 0.25) is 0 Å². The predicted molar refractivity (Wildman–Crippen MR) is 128 cm³/mol. The van der Waals surface area contributed by atoms with Crippen molar-refractivity contribution in [3.05, 3.63) is 95.1 Å². The molecule has 0 saturated carbocycles. The number of para-hydroxylation sites is 2. The van der Waals surface area contributed by atoms with Gasteiger partial charge in [-0.15, -0.1) is 0 Å². The highest BCUT2D eigenvalue weighted by Gasteiger charge is 2.17. The second-order valence-electron chi connectivity index (χ2n) is 8.90. The van der Waals surface area contributed by atoms with Gasteiger partial charge in [-0.25, -0.2) is 4.39 Å². The van der Waals surface area contributed by atoms with E-state index in [4.69, 9.17) is 5.10 Å². The van der Waals surface area contributed by atoms with Crippen LogP contribution in [0.4, 0.5) is 4.39 Å². The molecule has 1 unspecified atom stereocenters. The number of nitrogens with one attached hydrogen (secondary N) is 1. The van der Waals surface area contributed by atoms with Gasteiger partial charge in [0.15, 0.2) is 0 Å². The van der Waals surface area contributed by atoms with Crippen LogP contribution in [-0.2, 0) is 13.0 Å². The molecule has 162 valence electrons. The van der Waals surface area contributed by atoms with E-state index < -0.39 is 0 Å². The summed E-state index contributed by atoms with van der Waals surface area (Å²) >= 11 is 0. The van der Waals surface area contributed by atoms with Crippen molar-refractivity contribution in [3.63, 3.8) is 0 Å². The second-order valence-corrected chi connectivity index (χ2v) is 8.90. The Morgan fingerprint density at radius 2 is 1.69 bits per heavy atom. The van der Waals surface area contributed by atoms with Gasteiger partial charge in [-0.3, -0.25) is 9.78 Å². The molecule has 0 amide bonds. The van der Waals surface area contributed by atoms with E-state index in [-0.39, 0.29) is 11.7 Å². The minimum Gasteiger partial charge on any atom is -0.281 e. The maximum Gasteiger partial charge on any atom is 0.126 e. The summed E-state index contributed by atoms with van der Waals surface area (Å²) in [5, 5.41) is 14.7. The highest BCUT2D eigenvalue weighted by molar-refractivity contribution is 5.83. The summed E-state index contributed by atoms with van der Waals surface area (Å²) < 4.78 is 16.8. The molecule has 0 bridgehead atoms. The first-order valence-electron chi connectivity index (χ1n) is 11.2. The van der Waals surface area contributed by atoms with Gasteiger partial charge in [-0.2, -0.15) is 10.2 Å². The summed E-state index contributed by atoms with van der Waals surface area (Å²) in [6.07, 6.45) is 0.600. The van der Waals surface area contributed by atoms with Crippen LogP contribution >= 0.6 is 0 Å². The van der Waals surface area contributed by atoms with Crippen LogP contribution in [0.1, 0.15) is 55.1 Å². The van der Waals surface area contributed by atoms with Gasteiger partial charge in [-0.1, -0.05) is 69.3 Å². The minimum absolute atomic E-state index is 0.116. The molecule has 3 aromatic carbocycles. The Balaban J connectivity index is 1.44. The lowest BCUT2D eigenvalue weighted by atomic mass is 9.94. The average molecular weight is 427 g/mol. The molecule has 32 heavy (non-hydrogen) atoms. The molecule has 1 atom stereocenters. The van der Waals surface area contributed by atoms with E-state index in [0.717, 1.165) is 33.4 Å². The highest BCUT2D eigenvalue weighted by atomic mass is 19.1. The lowest BCUT2D eigenvalue weighted by Crippen LogP contribution is -2.06. The summed E-state index contributed by atoms with van der Waals surface area (Å²) in [4.78, 5) is 0. The van der Waals surface area contributed by atoms with E-state index in [2.05, 4.69) is 55.2 Å². The Bertz CT molecular complexity index is 1400. The molecular formula is C27H27FN4. The summed E-state index contributed by atoms with van der Waals surface area (Å²) in [6.45, 7) is 7.05. The summed E-state index contributed by atoms with van der Waals surface area (Å²) in [6, 6.07) is 21.8. The van der Waals surface area contributed by atoms with Crippen molar-refractivity contribution in [2.24, 2.45) is 0 Å². The maximum atomic E-state index is 14.7. The smallest absolute Gasteiger partial charge is 0.126 e. The molecule has 1 N–H and O–H groups in total. The van der Waals surface area contributed by atoms with Gasteiger partial charge >= 0.3 is 0 Å². The SMILES string of the molecule is CC(C)c1nn(Cc2ccc(F)c(CC(C)c3[nH]nc4ccccc34)c2)c2ccccc12. The number of halogens is 1. The van der Waals surface area contributed by atoms with Gasteiger partial charge in [0, 0.05) is 22.4 Å². The Hall–Kier alpha value is -3.47. The first kappa shape index (κ1) is 20.4. The van der Waals surface area contributed by atoms with Crippen molar-refractivity contribution in [3.8, 4) is 0 Å². The zero-order valence-corrected chi connectivity index (χ0v) is 18.6. The van der Waals surface area contributed by atoms with E-state index in [0.29, 0.717) is 24.4 Å². The van der Waals surface area contributed by atoms with Crippen LogP contribution in [-0.4, -0.2) is 20.0 Å². The number of H-pyrrole nitrogens is 1. The highest BCUT2D eigenvalue weighted by Crippen LogP contribution is 2.28. The number of aromatic amines is 1. The topological polar surface area (TPSA) is 46.5 Å². The molecule has 0 saturated heterocycles. The van der Waals surface area contributed by atoms with Crippen molar-refractivity contribution in [2.75, 3.05) is 0 Å². The molecule has 0 radical (unpaired) electrons. The van der Waals surface area contributed by atoms with Crippen LogP contribution in [0.25, 0.3) is 21.8 Å². The van der Waals surface area contributed by atoms with Crippen LogP contribution in [0.15, 0.2) is 66.7 Å². The van der Waals surface area contributed by atoms with E-state index in [1.54, 1.807) is 6.07 Å². The summed E-state index contributed by atoms with van der Waals surface area (Å²) in [5.41, 5.74) is 5.96. The van der Waals surface area contributed by atoms with Gasteiger partial charge in [0.25, 0.3) is 0 Å². The maximum absolute atomic E-state index is 14.7. The normalized spacial score (nSPS) is 12.8. The van der Waals surface area contributed by atoms with Crippen molar-refractivity contribution >= 4 is 21.8 Å².